The number of aryl methyl sites for hydroxylation is 1. The summed E-state index contributed by atoms with van der Waals surface area (Å²) in [7, 11) is 2.97. The summed E-state index contributed by atoms with van der Waals surface area (Å²) in [5.74, 6) is -2.31. The third kappa shape index (κ3) is 1.97. The van der Waals surface area contributed by atoms with Crippen molar-refractivity contribution in [1.82, 2.24) is 9.78 Å². The van der Waals surface area contributed by atoms with Crippen LogP contribution in [0.2, 0.25) is 0 Å². The van der Waals surface area contributed by atoms with E-state index in [0.717, 1.165) is 12.1 Å². The summed E-state index contributed by atoms with van der Waals surface area (Å²) in [4.78, 5) is 12.0. The van der Waals surface area contributed by atoms with E-state index in [2.05, 4.69) is 5.10 Å². The first-order valence-electron chi connectivity index (χ1n) is 5.11. The zero-order chi connectivity index (χ0) is 13.3. The van der Waals surface area contributed by atoms with Crippen molar-refractivity contribution in [2.75, 3.05) is 7.11 Å². The fourth-order valence-electron chi connectivity index (χ4n) is 1.59. The fourth-order valence-corrected chi connectivity index (χ4v) is 1.59. The molecule has 18 heavy (non-hydrogen) atoms. The van der Waals surface area contributed by atoms with Crippen molar-refractivity contribution in [1.29, 1.82) is 0 Å². The average Bonchev–Trinajstić information content (AvgIpc) is 2.70. The lowest BCUT2D eigenvalue weighted by atomic mass is 10.1. The van der Waals surface area contributed by atoms with Crippen LogP contribution in [0, 0.1) is 11.6 Å². The van der Waals surface area contributed by atoms with E-state index in [1.54, 1.807) is 7.05 Å². The van der Waals surface area contributed by atoms with Crippen LogP contribution in [-0.4, -0.2) is 22.7 Å². The molecule has 2 aromatic rings. The number of ketones is 1. The number of halogens is 2. The third-order valence-electron chi connectivity index (χ3n) is 2.47. The molecule has 0 radical (unpaired) electrons. The molecule has 1 aromatic carbocycles. The molecule has 2 rings (SSSR count). The topological polar surface area (TPSA) is 44.1 Å². The van der Waals surface area contributed by atoms with Gasteiger partial charge in [0.25, 0.3) is 0 Å². The SMILES string of the molecule is COc1cc(C(=O)c2c(F)cccc2F)nn1C. The Labute approximate surface area is 102 Å². The van der Waals surface area contributed by atoms with Crippen LogP contribution in [0.15, 0.2) is 24.3 Å². The van der Waals surface area contributed by atoms with E-state index in [1.807, 2.05) is 0 Å². The Balaban J connectivity index is 2.48. The van der Waals surface area contributed by atoms with Gasteiger partial charge in [0.2, 0.25) is 11.7 Å². The molecule has 0 aliphatic rings. The highest BCUT2D eigenvalue weighted by Crippen LogP contribution is 2.19. The molecule has 0 aliphatic carbocycles. The maximum Gasteiger partial charge on any atom is 0.219 e. The van der Waals surface area contributed by atoms with Crippen LogP contribution in [0.3, 0.4) is 0 Å². The Morgan fingerprint density at radius 2 is 1.94 bits per heavy atom. The summed E-state index contributed by atoms with van der Waals surface area (Å²) in [6.45, 7) is 0. The molecule has 1 aromatic heterocycles. The normalized spacial score (nSPS) is 10.4. The number of methoxy groups -OCH3 is 1. The van der Waals surface area contributed by atoms with Gasteiger partial charge >= 0.3 is 0 Å². The van der Waals surface area contributed by atoms with Gasteiger partial charge < -0.3 is 4.74 Å². The standard InChI is InChI=1S/C12H10F2N2O2/c1-16-10(18-2)6-9(15-16)12(17)11-7(13)4-3-5-8(11)14/h3-6H,1-2H3. The molecule has 0 amide bonds. The van der Waals surface area contributed by atoms with Gasteiger partial charge in [-0.2, -0.15) is 5.10 Å². The van der Waals surface area contributed by atoms with Crippen LogP contribution < -0.4 is 4.74 Å². The molecule has 0 fully saturated rings. The Morgan fingerprint density at radius 3 is 2.44 bits per heavy atom. The molecule has 0 N–H and O–H groups in total. The second kappa shape index (κ2) is 4.56. The van der Waals surface area contributed by atoms with Crippen molar-refractivity contribution in [2.24, 2.45) is 7.05 Å². The number of nitrogens with zero attached hydrogens (tertiary/aromatic N) is 2. The van der Waals surface area contributed by atoms with E-state index in [1.165, 1.54) is 23.9 Å². The summed E-state index contributed by atoms with van der Waals surface area (Å²) in [6.07, 6.45) is 0. The van der Waals surface area contributed by atoms with Crippen LogP contribution in [-0.2, 0) is 7.05 Å². The lowest BCUT2D eigenvalue weighted by molar-refractivity contribution is 0.102. The lowest BCUT2D eigenvalue weighted by Gasteiger charge is -2.00. The molecule has 0 saturated heterocycles. The molecule has 6 heteroatoms. The number of carbonyl (C=O) groups is 1. The molecule has 1 heterocycles. The highest BCUT2D eigenvalue weighted by molar-refractivity contribution is 6.08. The number of aromatic nitrogens is 2. The van der Waals surface area contributed by atoms with Crippen molar-refractivity contribution in [3.63, 3.8) is 0 Å². The second-order valence-corrected chi connectivity index (χ2v) is 3.62. The molecule has 0 atom stereocenters. The maximum atomic E-state index is 13.4. The lowest BCUT2D eigenvalue weighted by Crippen LogP contribution is -2.08. The number of benzene rings is 1. The first-order chi connectivity index (χ1) is 8.54. The van der Waals surface area contributed by atoms with E-state index in [-0.39, 0.29) is 5.69 Å². The van der Waals surface area contributed by atoms with Gasteiger partial charge in [-0.1, -0.05) is 6.07 Å². The minimum atomic E-state index is -0.912. The minimum Gasteiger partial charge on any atom is -0.481 e. The molecular formula is C12H10F2N2O2. The smallest absolute Gasteiger partial charge is 0.219 e. The number of hydrogen-bond donors (Lipinski definition) is 0. The van der Waals surface area contributed by atoms with Crippen molar-refractivity contribution in [3.05, 3.63) is 47.2 Å². The molecular weight excluding hydrogens is 242 g/mol. The van der Waals surface area contributed by atoms with Crippen molar-refractivity contribution in [2.45, 2.75) is 0 Å². The molecule has 0 unspecified atom stereocenters. The predicted molar refractivity (Wildman–Crippen MR) is 59.6 cm³/mol. The van der Waals surface area contributed by atoms with Crippen LogP contribution in [0.5, 0.6) is 5.88 Å². The van der Waals surface area contributed by atoms with E-state index in [4.69, 9.17) is 4.74 Å². The van der Waals surface area contributed by atoms with E-state index < -0.39 is 23.0 Å². The summed E-state index contributed by atoms with van der Waals surface area (Å²) >= 11 is 0. The minimum absolute atomic E-state index is 0.0710. The quantitative estimate of drug-likeness (QED) is 0.784. The van der Waals surface area contributed by atoms with Crippen molar-refractivity contribution >= 4 is 5.78 Å². The van der Waals surface area contributed by atoms with Gasteiger partial charge in [0.05, 0.1) is 12.7 Å². The first kappa shape index (κ1) is 12.2. The maximum absolute atomic E-state index is 13.4. The molecule has 4 nitrogen and oxygen atoms in total. The van der Waals surface area contributed by atoms with Crippen LogP contribution in [0.4, 0.5) is 8.78 Å². The molecule has 0 spiro atoms. The van der Waals surface area contributed by atoms with E-state index >= 15 is 0 Å². The Hall–Kier alpha value is -2.24. The Kier molecular flexibility index (Phi) is 3.10. The van der Waals surface area contributed by atoms with E-state index in [9.17, 15) is 13.6 Å². The van der Waals surface area contributed by atoms with Crippen LogP contribution in [0.25, 0.3) is 0 Å². The second-order valence-electron chi connectivity index (χ2n) is 3.62. The number of ether oxygens (including phenoxy) is 1. The fraction of sp³-hybridized carbons (Fsp3) is 0.167. The largest absolute Gasteiger partial charge is 0.481 e. The number of rotatable bonds is 3. The van der Waals surface area contributed by atoms with Crippen molar-refractivity contribution < 1.29 is 18.3 Å². The summed E-state index contributed by atoms with van der Waals surface area (Å²) in [6, 6.07) is 4.57. The van der Waals surface area contributed by atoms with E-state index in [0.29, 0.717) is 5.88 Å². The van der Waals surface area contributed by atoms with Gasteiger partial charge in [-0.05, 0) is 12.1 Å². The molecule has 0 saturated carbocycles. The highest BCUT2D eigenvalue weighted by atomic mass is 19.1. The zero-order valence-corrected chi connectivity index (χ0v) is 9.78. The summed E-state index contributed by atoms with van der Waals surface area (Å²) in [5, 5.41) is 3.85. The van der Waals surface area contributed by atoms with Crippen LogP contribution in [0.1, 0.15) is 16.1 Å². The van der Waals surface area contributed by atoms with Gasteiger partial charge in [-0.25, -0.2) is 13.5 Å². The monoisotopic (exact) mass is 252 g/mol. The van der Waals surface area contributed by atoms with Gasteiger partial charge in [0, 0.05) is 13.1 Å². The summed E-state index contributed by atoms with van der Waals surface area (Å²) in [5.41, 5.74) is -0.684. The van der Waals surface area contributed by atoms with Gasteiger partial charge in [0.15, 0.2) is 0 Å². The van der Waals surface area contributed by atoms with Gasteiger partial charge in [0.1, 0.15) is 17.3 Å². The predicted octanol–water partition coefficient (Wildman–Crippen LogP) is 1.94. The van der Waals surface area contributed by atoms with Crippen LogP contribution >= 0.6 is 0 Å². The number of hydrogen-bond acceptors (Lipinski definition) is 3. The average molecular weight is 252 g/mol. The summed E-state index contributed by atoms with van der Waals surface area (Å²) < 4.78 is 33.1. The van der Waals surface area contributed by atoms with Crippen molar-refractivity contribution in [3.8, 4) is 5.88 Å². The molecule has 0 bridgehead atoms. The number of carbonyl (C=O) groups excluding carboxylic acids is 1. The zero-order valence-electron chi connectivity index (χ0n) is 9.78. The third-order valence-corrected chi connectivity index (χ3v) is 2.47. The Bertz CT molecular complexity index is 588. The highest BCUT2D eigenvalue weighted by Gasteiger charge is 2.22. The first-order valence-corrected chi connectivity index (χ1v) is 5.11. The van der Waals surface area contributed by atoms with Gasteiger partial charge in [-0.3, -0.25) is 4.79 Å². The molecule has 94 valence electrons. The Morgan fingerprint density at radius 1 is 1.33 bits per heavy atom. The molecule has 0 aliphatic heterocycles. The van der Waals surface area contributed by atoms with Gasteiger partial charge in [-0.15, -0.1) is 0 Å².